The third-order valence-corrected chi connectivity index (χ3v) is 0. The van der Waals surface area contributed by atoms with E-state index < -0.39 is 0 Å². The maximum atomic E-state index is 2.75. The van der Waals surface area contributed by atoms with Crippen molar-refractivity contribution in [3.8, 4) is 0 Å². The molecule has 0 aromatic carbocycles. The normalized spacial score (nSPS) is 1.50. The third kappa shape index (κ3) is 12.7. The van der Waals surface area contributed by atoms with Crippen molar-refractivity contribution in [1.29, 1.82) is 0 Å². The van der Waals surface area contributed by atoms with E-state index in [0.717, 1.165) is 0 Å². The molecule has 30 valence electrons. The summed E-state index contributed by atoms with van der Waals surface area (Å²) in [5.74, 6) is 0. The Balaban J connectivity index is -0.00000000500. The molecule has 0 unspecified atom stereocenters. The minimum atomic E-state index is 0. The summed E-state index contributed by atoms with van der Waals surface area (Å²) in [5.41, 5.74) is 0. The first-order valence-corrected chi connectivity index (χ1v) is 3.06. The number of rotatable bonds is 0. The van der Waals surface area contributed by atoms with Gasteiger partial charge in [-0.15, -0.1) is 0 Å². The molecule has 0 amide bonds. The molecule has 0 bridgehead atoms. The average molecular weight is 171 g/mol. The Morgan fingerprint density at radius 2 is 1.00 bits per heavy atom. The second-order valence-corrected chi connectivity index (χ2v) is 0. The van der Waals surface area contributed by atoms with Gasteiger partial charge in [-0.05, 0) is 0 Å². The van der Waals surface area contributed by atoms with Crippen LogP contribution in [0.4, 0.5) is 0 Å². The monoisotopic (exact) mass is 170 g/mol. The standard InChI is InChI=1S/BrH.Mn.2H2O/h1H;;2*1H2/q;+1;;/p-1. The Kier molecular flexibility index (Phi) is 203. The molecule has 4 N–H and O–H groups in total. The van der Waals surface area contributed by atoms with E-state index in [-0.39, 0.29) is 11.0 Å². The Morgan fingerprint density at radius 3 is 1.00 bits per heavy atom. The zero-order valence-corrected chi connectivity index (χ0v) is 4.52. The zero-order chi connectivity index (χ0) is 2.00. The predicted molar refractivity (Wildman–Crippen MR) is 16.2 cm³/mol. The van der Waals surface area contributed by atoms with E-state index in [1.54, 1.807) is 0 Å². The summed E-state index contributed by atoms with van der Waals surface area (Å²) < 4.78 is 0. The second-order valence-electron chi connectivity index (χ2n) is 0. The first-order valence-electron chi connectivity index (χ1n) is 0.143. The van der Waals surface area contributed by atoms with Gasteiger partial charge in [0.1, 0.15) is 0 Å². The van der Waals surface area contributed by atoms with Crippen LogP contribution >= 0.6 is 14.1 Å². The second kappa shape index (κ2) is 39.5. The Hall–Kier alpha value is 0.919. The molecule has 0 aliphatic rings. The fraction of sp³-hybridized carbons (Fsp3) is 0. The van der Waals surface area contributed by atoms with Crippen molar-refractivity contribution >= 4 is 14.1 Å². The molecule has 0 aliphatic carbocycles. The van der Waals surface area contributed by atoms with Crippen LogP contribution < -0.4 is 0 Å². The fourth-order valence-electron chi connectivity index (χ4n) is 0. The first kappa shape index (κ1) is 20.5. The van der Waals surface area contributed by atoms with Crippen molar-refractivity contribution in [3.63, 3.8) is 0 Å². The summed E-state index contributed by atoms with van der Waals surface area (Å²) in [4.78, 5) is 0. The fourth-order valence-corrected chi connectivity index (χ4v) is 0. The van der Waals surface area contributed by atoms with Gasteiger partial charge in [0.25, 0.3) is 0 Å². The topological polar surface area (TPSA) is 63.0 Å². The van der Waals surface area contributed by atoms with Crippen LogP contribution in [0.1, 0.15) is 0 Å². The van der Waals surface area contributed by atoms with Gasteiger partial charge in [-0.3, -0.25) is 0 Å². The van der Waals surface area contributed by atoms with Gasteiger partial charge in [0, 0.05) is 0 Å². The van der Waals surface area contributed by atoms with Gasteiger partial charge in [-0.25, -0.2) is 0 Å². The molecule has 0 saturated heterocycles. The molecule has 0 fully saturated rings. The first-order chi connectivity index (χ1) is 1.00. The third-order valence-electron chi connectivity index (χ3n) is 0. The number of halogens is 1. The van der Waals surface area contributed by atoms with Crippen LogP contribution in [0.15, 0.2) is 0 Å². The van der Waals surface area contributed by atoms with Crippen LogP contribution in [0.5, 0.6) is 0 Å². The summed E-state index contributed by atoms with van der Waals surface area (Å²) in [5, 5.41) is 0. The predicted octanol–water partition coefficient (Wildman–Crippen LogP) is -0.806. The molecular weight excluding hydrogens is 167 g/mol. The van der Waals surface area contributed by atoms with E-state index in [2.05, 4.69) is 28.3 Å². The molecule has 0 spiro atoms. The van der Waals surface area contributed by atoms with Crippen LogP contribution in [0.25, 0.3) is 0 Å². The van der Waals surface area contributed by atoms with Crippen molar-refractivity contribution < 1.29 is 25.2 Å². The van der Waals surface area contributed by atoms with Crippen molar-refractivity contribution in [2.75, 3.05) is 0 Å². The Bertz CT molecular complexity index is 6.00. The van der Waals surface area contributed by atoms with Crippen LogP contribution in [-0.4, -0.2) is 11.0 Å². The Morgan fingerprint density at radius 1 is 1.00 bits per heavy atom. The molecule has 0 rings (SSSR count). The molecular formula is H4BrMnO2. The summed E-state index contributed by atoms with van der Waals surface area (Å²) in [6, 6.07) is 0. The molecule has 0 radical (unpaired) electrons. The van der Waals surface area contributed by atoms with Gasteiger partial charge < -0.3 is 11.0 Å². The molecule has 2 nitrogen and oxygen atoms in total. The van der Waals surface area contributed by atoms with Crippen molar-refractivity contribution in [2.24, 2.45) is 0 Å². The van der Waals surface area contributed by atoms with Gasteiger partial charge >= 0.3 is 28.3 Å². The van der Waals surface area contributed by atoms with Gasteiger partial charge in [-0.1, -0.05) is 0 Å². The van der Waals surface area contributed by atoms with Gasteiger partial charge in [0.2, 0.25) is 0 Å². The van der Waals surface area contributed by atoms with Crippen LogP contribution in [-0.2, 0) is 14.2 Å². The van der Waals surface area contributed by atoms with E-state index in [4.69, 9.17) is 0 Å². The minimum absolute atomic E-state index is 0. The molecule has 0 atom stereocenters. The van der Waals surface area contributed by atoms with Gasteiger partial charge in [0.05, 0.1) is 0 Å². The molecule has 0 aromatic heterocycles. The van der Waals surface area contributed by atoms with Crippen molar-refractivity contribution in [3.05, 3.63) is 0 Å². The molecule has 0 aromatic rings. The van der Waals surface area contributed by atoms with Crippen LogP contribution in [0.3, 0.4) is 0 Å². The van der Waals surface area contributed by atoms with Gasteiger partial charge in [0.15, 0.2) is 0 Å². The van der Waals surface area contributed by atoms with Crippen LogP contribution in [0, 0.1) is 0 Å². The zero-order valence-electron chi connectivity index (χ0n) is 1.76. The van der Waals surface area contributed by atoms with Crippen molar-refractivity contribution in [1.82, 2.24) is 0 Å². The summed E-state index contributed by atoms with van der Waals surface area (Å²) in [6.07, 6.45) is 0. The molecule has 0 aliphatic heterocycles. The van der Waals surface area contributed by atoms with Crippen molar-refractivity contribution in [2.45, 2.75) is 0 Å². The number of hydrogen-bond donors (Lipinski definition) is 0. The van der Waals surface area contributed by atoms with E-state index in [0.29, 0.717) is 0 Å². The number of hydrogen-bond acceptors (Lipinski definition) is 0. The van der Waals surface area contributed by atoms with E-state index >= 15 is 0 Å². The molecule has 0 heterocycles. The summed E-state index contributed by atoms with van der Waals surface area (Å²) in [7, 11) is 0. The molecule has 0 saturated carbocycles. The molecule has 4 heavy (non-hydrogen) atoms. The average Bonchev–Trinajstić information content (AvgIpc) is 1.00. The van der Waals surface area contributed by atoms with Crippen LogP contribution in [0.2, 0.25) is 0 Å². The van der Waals surface area contributed by atoms with Gasteiger partial charge in [-0.2, -0.15) is 0 Å². The quantitative estimate of drug-likeness (QED) is 0.428. The SMILES string of the molecule is O.O.[Mn][Br]. The Labute approximate surface area is 39.7 Å². The summed E-state index contributed by atoms with van der Waals surface area (Å²) in [6.45, 7) is 0. The summed E-state index contributed by atoms with van der Waals surface area (Å²) >= 11 is 5.50. The maximum absolute atomic E-state index is 2.75. The van der Waals surface area contributed by atoms with E-state index in [1.807, 2.05) is 0 Å². The van der Waals surface area contributed by atoms with E-state index in [1.165, 1.54) is 0 Å². The molecule has 4 heteroatoms. The van der Waals surface area contributed by atoms with E-state index in [9.17, 15) is 0 Å².